The zero-order chi connectivity index (χ0) is 14.7. The first-order valence-electron chi connectivity index (χ1n) is 5.48. The van der Waals surface area contributed by atoms with Gasteiger partial charge < -0.3 is 10.6 Å². The lowest BCUT2D eigenvalue weighted by molar-refractivity contribution is -0.385. The van der Waals surface area contributed by atoms with Crippen molar-refractivity contribution in [3.63, 3.8) is 0 Å². The molecule has 0 unspecified atom stereocenters. The van der Waals surface area contributed by atoms with Gasteiger partial charge in [0.1, 0.15) is 5.56 Å². The summed E-state index contributed by atoms with van der Waals surface area (Å²) in [6.07, 6.45) is 2.75. The molecule has 2 aromatic rings. The van der Waals surface area contributed by atoms with Gasteiger partial charge in [0.15, 0.2) is 5.82 Å². The van der Waals surface area contributed by atoms with E-state index in [1.165, 1.54) is 19.4 Å². The minimum Gasteiger partial charge on any atom is -0.386 e. The number of anilines is 2. The topological polar surface area (TPSA) is 113 Å². The predicted octanol–water partition coefficient (Wildman–Crippen LogP) is 1.75. The standard InChI is InChI=1S/C11H10FN5O3/c1-13-9-2-7(10(17(19)20)3-8(9)12)11(18)16-6-4-14-15-5-6/h2-5,13H,1H3,(H,14,15)(H,16,18). The number of nitro benzene ring substituents is 1. The van der Waals surface area contributed by atoms with Crippen LogP contribution in [0.4, 0.5) is 21.5 Å². The first-order valence-corrected chi connectivity index (χ1v) is 5.48. The Morgan fingerprint density at radius 3 is 2.80 bits per heavy atom. The van der Waals surface area contributed by atoms with Crippen LogP contribution < -0.4 is 10.6 Å². The van der Waals surface area contributed by atoms with Gasteiger partial charge in [-0.2, -0.15) is 5.10 Å². The molecule has 1 amide bonds. The lowest BCUT2D eigenvalue weighted by Gasteiger charge is -2.07. The molecule has 0 saturated carbocycles. The van der Waals surface area contributed by atoms with Crippen molar-refractivity contribution in [3.8, 4) is 0 Å². The van der Waals surface area contributed by atoms with Crippen LogP contribution in [0.2, 0.25) is 0 Å². The van der Waals surface area contributed by atoms with E-state index in [0.29, 0.717) is 11.8 Å². The van der Waals surface area contributed by atoms with E-state index < -0.39 is 22.3 Å². The van der Waals surface area contributed by atoms with Gasteiger partial charge >= 0.3 is 0 Å². The van der Waals surface area contributed by atoms with Gasteiger partial charge in [-0.05, 0) is 6.07 Å². The molecular formula is C11H10FN5O3. The third-order valence-electron chi connectivity index (χ3n) is 2.55. The first kappa shape index (κ1) is 13.5. The third kappa shape index (κ3) is 2.55. The number of nitrogens with zero attached hydrogens (tertiary/aromatic N) is 2. The van der Waals surface area contributed by atoms with Crippen molar-refractivity contribution in [2.45, 2.75) is 0 Å². The van der Waals surface area contributed by atoms with Gasteiger partial charge in [-0.1, -0.05) is 0 Å². The second-order valence-electron chi connectivity index (χ2n) is 3.80. The molecule has 8 nitrogen and oxygen atoms in total. The Kier molecular flexibility index (Phi) is 3.60. The second kappa shape index (κ2) is 5.34. The Balaban J connectivity index is 2.42. The van der Waals surface area contributed by atoms with Crippen LogP contribution in [0.15, 0.2) is 24.5 Å². The van der Waals surface area contributed by atoms with E-state index in [2.05, 4.69) is 20.8 Å². The van der Waals surface area contributed by atoms with Crippen LogP contribution in [-0.2, 0) is 0 Å². The monoisotopic (exact) mass is 279 g/mol. The number of amides is 1. The van der Waals surface area contributed by atoms with Crippen molar-refractivity contribution in [2.24, 2.45) is 0 Å². The van der Waals surface area contributed by atoms with Gasteiger partial charge in [-0.3, -0.25) is 20.0 Å². The summed E-state index contributed by atoms with van der Waals surface area (Å²) in [7, 11) is 1.45. The molecule has 0 aliphatic carbocycles. The number of hydrogen-bond donors (Lipinski definition) is 3. The fraction of sp³-hybridized carbons (Fsp3) is 0.0909. The molecule has 0 saturated heterocycles. The maximum absolute atomic E-state index is 13.5. The Morgan fingerprint density at radius 1 is 1.50 bits per heavy atom. The van der Waals surface area contributed by atoms with Crippen molar-refractivity contribution in [2.75, 3.05) is 17.7 Å². The van der Waals surface area contributed by atoms with E-state index in [0.717, 1.165) is 6.07 Å². The van der Waals surface area contributed by atoms with Gasteiger partial charge in [0, 0.05) is 13.2 Å². The highest BCUT2D eigenvalue weighted by molar-refractivity contribution is 6.07. The van der Waals surface area contributed by atoms with Gasteiger partial charge in [-0.15, -0.1) is 0 Å². The van der Waals surface area contributed by atoms with Crippen molar-refractivity contribution >= 4 is 23.0 Å². The number of carbonyl (C=O) groups is 1. The van der Waals surface area contributed by atoms with Gasteiger partial charge in [-0.25, -0.2) is 4.39 Å². The molecule has 0 atom stereocenters. The number of aromatic nitrogens is 2. The fourth-order valence-corrected chi connectivity index (χ4v) is 1.60. The zero-order valence-corrected chi connectivity index (χ0v) is 10.3. The molecule has 1 aromatic carbocycles. The minimum atomic E-state index is -0.813. The molecule has 1 aromatic heterocycles. The summed E-state index contributed by atoms with van der Waals surface area (Å²) in [4.78, 5) is 22.1. The fourth-order valence-electron chi connectivity index (χ4n) is 1.60. The molecule has 20 heavy (non-hydrogen) atoms. The van der Waals surface area contributed by atoms with Crippen molar-refractivity contribution in [1.29, 1.82) is 0 Å². The number of nitrogens with one attached hydrogen (secondary N) is 3. The average molecular weight is 279 g/mol. The summed E-state index contributed by atoms with van der Waals surface area (Å²) in [5.41, 5.74) is -0.517. The predicted molar refractivity (Wildman–Crippen MR) is 69.1 cm³/mol. The van der Waals surface area contributed by atoms with Crippen molar-refractivity contribution < 1.29 is 14.1 Å². The quantitative estimate of drug-likeness (QED) is 0.583. The molecule has 0 radical (unpaired) electrons. The van der Waals surface area contributed by atoms with E-state index in [-0.39, 0.29) is 11.3 Å². The Morgan fingerprint density at radius 2 is 2.25 bits per heavy atom. The number of benzene rings is 1. The van der Waals surface area contributed by atoms with Gasteiger partial charge in [0.2, 0.25) is 0 Å². The van der Waals surface area contributed by atoms with Crippen LogP contribution in [0.5, 0.6) is 0 Å². The van der Waals surface area contributed by atoms with Crippen LogP contribution in [0.1, 0.15) is 10.4 Å². The maximum Gasteiger partial charge on any atom is 0.285 e. The number of hydrogen-bond acceptors (Lipinski definition) is 5. The highest BCUT2D eigenvalue weighted by Crippen LogP contribution is 2.26. The SMILES string of the molecule is CNc1cc(C(=O)Nc2cn[nH]c2)c([N+](=O)[O-])cc1F. The molecule has 0 aliphatic rings. The molecule has 0 bridgehead atoms. The number of H-pyrrole nitrogens is 1. The molecule has 0 fully saturated rings. The van der Waals surface area contributed by atoms with Crippen LogP contribution in [0.25, 0.3) is 0 Å². The van der Waals surface area contributed by atoms with Crippen LogP contribution in [-0.4, -0.2) is 28.1 Å². The average Bonchev–Trinajstić information content (AvgIpc) is 2.90. The summed E-state index contributed by atoms with van der Waals surface area (Å²) in [6.45, 7) is 0. The summed E-state index contributed by atoms with van der Waals surface area (Å²) >= 11 is 0. The van der Waals surface area contributed by atoms with E-state index in [1.807, 2.05) is 0 Å². The second-order valence-corrected chi connectivity index (χ2v) is 3.80. The van der Waals surface area contributed by atoms with Gasteiger partial charge in [0.05, 0.1) is 28.6 Å². The lowest BCUT2D eigenvalue weighted by atomic mass is 10.1. The van der Waals surface area contributed by atoms with Gasteiger partial charge in [0.25, 0.3) is 11.6 Å². The minimum absolute atomic E-state index is 0.00653. The Bertz CT molecular complexity index is 656. The summed E-state index contributed by atoms with van der Waals surface area (Å²) < 4.78 is 13.5. The highest BCUT2D eigenvalue weighted by Gasteiger charge is 2.23. The molecule has 2 rings (SSSR count). The molecule has 1 heterocycles. The molecule has 9 heteroatoms. The van der Waals surface area contributed by atoms with E-state index in [4.69, 9.17) is 0 Å². The summed E-state index contributed by atoms with van der Waals surface area (Å²) in [6, 6.07) is 1.79. The van der Waals surface area contributed by atoms with Crippen LogP contribution in [0, 0.1) is 15.9 Å². The largest absolute Gasteiger partial charge is 0.386 e. The first-order chi connectivity index (χ1) is 9.52. The highest BCUT2D eigenvalue weighted by atomic mass is 19.1. The number of nitro groups is 1. The number of carbonyl (C=O) groups excluding carboxylic acids is 1. The van der Waals surface area contributed by atoms with E-state index >= 15 is 0 Å². The maximum atomic E-state index is 13.5. The lowest BCUT2D eigenvalue weighted by Crippen LogP contribution is -2.14. The number of rotatable bonds is 4. The normalized spacial score (nSPS) is 10.1. The van der Waals surface area contributed by atoms with Crippen LogP contribution in [0.3, 0.4) is 0 Å². The van der Waals surface area contributed by atoms with E-state index in [1.54, 1.807) is 0 Å². The molecule has 104 valence electrons. The summed E-state index contributed by atoms with van der Waals surface area (Å²) in [5.74, 6) is -1.53. The van der Waals surface area contributed by atoms with Crippen molar-refractivity contribution in [3.05, 3.63) is 46.0 Å². The Labute approximate surface area is 112 Å². The number of halogens is 1. The molecular weight excluding hydrogens is 269 g/mol. The molecule has 0 spiro atoms. The van der Waals surface area contributed by atoms with Crippen molar-refractivity contribution in [1.82, 2.24) is 10.2 Å². The smallest absolute Gasteiger partial charge is 0.285 e. The van der Waals surface area contributed by atoms with Crippen LogP contribution >= 0.6 is 0 Å². The molecule has 0 aliphatic heterocycles. The van der Waals surface area contributed by atoms with E-state index in [9.17, 15) is 19.3 Å². The molecule has 3 N–H and O–H groups in total. The summed E-state index contributed by atoms with van der Waals surface area (Å²) in [5, 5.41) is 21.9. The third-order valence-corrected chi connectivity index (χ3v) is 2.55. The number of aromatic amines is 1. The Hall–Kier alpha value is -2.97. The zero-order valence-electron chi connectivity index (χ0n) is 10.3.